The van der Waals surface area contributed by atoms with Gasteiger partial charge in [0.1, 0.15) is 5.69 Å². The topological polar surface area (TPSA) is 74.3 Å². The number of H-pyrrole nitrogens is 1. The Labute approximate surface area is 94.8 Å². The summed E-state index contributed by atoms with van der Waals surface area (Å²) in [6, 6.07) is 1.73. The van der Waals surface area contributed by atoms with Crippen LogP contribution in [0.1, 0.15) is 29.9 Å². The molecule has 0 unspecified atom stereocenters. The van der Waals surface area contributed by atoms with Crippen molar-refractivity contribution in [3.8, 4) is 0 Å². The first kappa shape index (κ1) is 12.7. The van der Waals surface area contributed by atoms with E-state index in [0.29, 0.717) is 18.8 Å². The normalized spacial score (nSPS) is 11.5. The van der Waals surface area contributed by atoms with Crippen molar-refractivity contribution >= 4 is 5.97 Å². The van der Waals surface area contributed by atoms with Crippen molar-refractivity contribution in [1.29, 1.82) is 0 Å². The minimum Gasteiger partial charge on any atom is -0.464 e. The van der Waals surface area contributed by atoms with Crippen molar-refractivity contribution in [2.45, 2.75) is 26.0 Å². The van der Waals surface area contributed by atoms with Crippen LogP contribution < -0.4 is 5.32 Å². The lowest BCUT2D eigenvalue weighted by Crippen LogP contribution is -2.34. The van der Waals surface area contributed by atoms with Crippen molar-refractivity contribution in [3.05, 3.63) is 23.5 Å². The van der Waals surface area contributed by atoms with Gasteiger partial charge in [-0.25, -0.2) is 4.79 Å². The fourth-order valence-electron chi connectivity index (χ4n) is 1.28. The van der Waals surface area contributed by atoms with Gasteiger partial charge in [0.15, 0.2) is 0 Å². The number of hydrogen-bond acceptors (Lipinski definition) is 4. The van der Waals surface area contributed by atoms with Gasteiger partial charge in [-0.2, -0.15) is 0 Å². The highest BCUT2D eigenvalue weighted by Crippen LogP contribution is 2.05. The van der Waals surface area contributed by atoms with Gasteiger partial charge in [-0.15, -0.1) is 0 Å². The third-order valence-corrected chi connectivity index (χ3v) is 2.03. The second-order valence-corrected chi connectivity index (χ2v) is 4.33. The molecule has 0 spiro atoms. The third kappa shape index (κ3) is 4.04. The first-order chi connectivity index (χ1) is 7.42. The first-order valence-corrected chi connectivity index (χ1v) is 5.11. The predicted molar refractivity (Wildman–Crippen MR) is 60.1 cm³/mol. The second kappa shape index (κ2) is 5.14. The van der Waals surface area contributed by atoms with Gasteiger partial charge in [-0.1, -0.05) is 0 Å². The highest BCUT2D eigenvalue weighted by Gasteiger charge is 2.12. The molecule has 0 saturated heterocycles. The zero-order valence-electron chi connectivity index (χ0n) is 9.83. The Kier molecular flexibility index (Phi) is 4.09. The molecular formula is C11H18N2O3. The molecule has 0 radical (unpaired) electrons. The Morgan fingerprint density at radius 1 is 1.62 bits per heavy atom. The molecule has 0 bridgehead atoms. The molecule has 0 aliphatic carbocycles. The van der Waals surface area contributed by atoms with E-state index in [-0.39, 0.29) is 5.97 Å². The maximum absolute atomic E-state index is 11.1. The van der Waals surface area contributed by atoms with E-state index >= 15 is 0 Å². The molecular weight excluding hydrogens is 208 g/mol. The van der Waals surface area contributed by atoms with E-state index < -0.39 is 5.60 Å². The molecule has 3 N–H and O–H groups in total. The average molecular weight is 226 g/mol. The van der Waals surface area contributed by atoms with E-state index in [1.54, 1.807) is 26.1 Å². The lowest BCUT2D eigenvalue weighted by Gasteiger charge is -2.17. The molecule has 1 heterocycles. The number of esters is 1. The van der Waals surface area contributed by atoms with E-state index in [1.807, 2.05) is 0 Å². The monoisotopic (exact) mass is 226 g/mol. The van der Waals surface area contributed by atoms with Crippen LogP contribution in [0.2, 0.25) is 0 Å². The Hall–Kier alpha value is -1.33. The molecule has 0 aromatic carbocycles. The molecule has 1 aromatic heterocycles. The van der Waals surface area contributed by atoms with Crippen molar-refractivity contribution in [2.24, 2.45) is 0 Å². The Bertz CT molecular complexity index is 352. The van der Waals surface area contributed by atoms with Crippen LogP contribution in [0.4, 0.5) is 0 Å². The van der Waals surface area contributed by atoms with Crippen molar-refractivity contribution in [2.75, 3.05) is 13.7 Å². The van der Waals surface area contributed by atoms with E-state index in [4.69, 9.17) is 0 Å². The van der Waals surface area contributed by atoms with E-state index in [1.165, 1.54) is 7.11 Å². The molecule has 0 saturated carbocycles. The Morgan fingerprint density at radius 3 is 2.88 bits per heavy atom. The molecule has 0 fully saturated rings. The van der Waals surface area contributed by atoms with Gasteiger partial charge in [0.2, 0.25) is 0 Å². The molecule has 1 aromatic rings. The SMILES string of the molecule is COC(=O)c1cc(CNCC(C)(C)O)c[nH]1. The minimum atomic E-state index is -0.735. The number of aromatic amines is 1. The summed E-state index contributed by atoms with van der Waals surface area (Å²) in [6.45, 7) is 4.55. The van der Waals surface area contributed by atoms with Gasteiger partial charge < -0.3 is 20.1 Å². The molecule has 0 aliphatic rings. The van der Waals surface area contributed by atoms with E-state index in [2.05, 4.69) is 15.0 Å². The van der Waals surface area contributed by atoms with Crippen LogP contribution in [-0.4, -0.2) is 35.3 Å². The lowest BCUT2D eigenvalue weighted by atomic mass is 10.1. The maximum atomic E-state index is 11.1. The Morgan fingerprint density at radius 2 is 2.31 bits per heavy atom. The molecule has 5 heteroatoms. The summed E-state index contributed by atoms with van der Waals surface area (Å²) in [5, 5.41) is 12.6. The molecule has 1 rings (SSSR count). The number of aliphatic hydroxyl groups is 1. The summed E-state index contributed by atoms with van der Waals surface area (Å²) >= 11 is 0. The summed E-state index contributed by atoms with van der Waals surface area (Å²) in [5.74, 6) is -0.381. The fraction of sp³-hybridized carbons (Fsp3) is 0.545. The zero-order chi connectivity index (χ0) is 12.2. The van der Waals surface area contributed by atoms with E-state index in [9.17, 15) is 9.90 Å². The summed E-state index contributed by atoms with van der Waals surface area (Å²) in [4.78, 5) is 14.0. The van der Waals surface area contributed by atoms with Gasteiger partial charge in [0.25, 0.3) is 0 Å². The van der Waals surface area contributed by atoms with Gasteiger partial charge in [0, 0.05) is 19.3 Å². The number of hydrogen-bond donors (Lipinski definition) is 3. The molecule has 90 valence electrons. The molecule has 0 amide bonds. The highest BCUT2D eigenvalue weighted by molar-refractivity contribution is 5.87. The van der Waals surface area contributed by atoms with Crippen LogP contribution in [0.3, 0.4) is 0 Å². The van der Waals surface area contributed by atoms with Gasteiger partial charge in [-0.05, 0) is 25.5 Å². The number of carbonyl (C=O) groups is 1. The highest BCUT2D eigenvalue weighted by atomic mass is 16.5. The van der Waals surface area contributed by atoms with Crippen LogP contribution in [0, 0.1) is 0 Å². The summed E-state index contributed by atoms with van der Waals surface area (Å²) in [6.07, 6.45) is 1.74. The summed E-state index contributed by atoms with van der Waals surface area (Å²) in [5.41, 5.74) is 0.647. The van der Waals surface area contributed by atoms with Gasteiger partial charge >= 0.3 is 5.97 Å². The molecule has 16 heavy (non-hydrogen) atoms. The average Bonchev–Trinajstić information content (AvgIpc) is 2.63. The van der Waals surface area contributed by atoms with Crippen molar-refractivity contribution in [1.82, 2.24) is 10.3 Å². The van der Waals surface area contributed by atoms with Crippen LogP contribution in [0.15, 0.2) is 12.3 Å². The fourth-order valence-corrected chi connectivity index (χ4v) is 1.28. The number of aromatic nitrogens is 1. The minimum absolute atomic E-state index is 0.381. The molecule has 5 nitrogen and oxygen atoms in total. The zero-order valence-corrected chi connectivity index (χ0v) is 9.83. The van der Waals surface area contributed by atoms with Gasteiger partial charge in [-0.3, -0.25) is 0 Å². The second-order valence-electron chi connectivity index (χ2n) is 4.33. The largest absolute Gasteiger partial charge is 0.464 e. The Balaban J connectivity index is 2.44. The lowest BCUT2D eigenvalue weighted by molar-refractivity contribution is 0.0594. The maximum Gasteiger partial charge on any atom is 0.354 e. The number of rotatable bonds is 5. The quantitative estimate of drug-likeness (QED) is 0.645. The van der Waals surface area contributed by atoms with Crippen LogP contribution in [0.25, 0.3) is 0 Å². The standard InChI is InChI=1S/C11H18N2O3/c1-11(2,15)7-12-5-8-4-9(13-6-8)10(14)16-3/h4,6,12-13,15H,5,7H2,1-3H3. The summed E-state index contributed by atoms with van der Waals surface area (Å²) < 4.78 is 4.58. The number of methoxy groups -OCH3 is 1. The molecule has 0 atom stereocenters. The number of carbonyl (C=O) groups excluding carboxylic acids is 1. The van der Waals surface area contributed by atoms with E-state index in [0.717, 1.165) is 5.56 Å². The van der Waals surface area contributed by atoms with Crippen LogP contribution >= 0.6 is 0 Å². The van der Waals surface area contributed by atoms with Crippen LogP contribution in [-0.2, 0) is 11.3 Å². The predicted octanol–water partition coefficient (Wildman–Crippen LogP) is 0.662. The number of ether oxygens (including phenoxy) is 1. The first-order valence-electron chi connectivity index (χ1n) is 5.11. The van der Waals surface area contributed by atoms with Crippen molar-refractivity contribution in [3.63, 3.8) is 0 Å². The summed E-state index contributed by atoms with van der Waals surface area (Å²) in [7, 11) is 1.34. The third-order valence-electron chi connectivity index (χ3n) is 2.03. The van der Waals surface area contributed by atoms with Crippen LogP contribution in [0.5, 0.6) is 0 Å². The van der Waals surface area contributed by atoms with Crippen molar-refractivity contribution < 1.29 is 14.6 Å². The van der Waals surface area contributed by atoms with Gasteiger partial charge in [0.05, 0.1) is 12.7 Å². The smallest absolute Gasteiger partial charge is 0.354 e. The number of nitrogens with one attached hydrogen (secondary N) is 2. The molecule has 0 aliphatic heterocycles.